The number of thioether (sulfide) groups is 1. The molecule has 8 rings (SSSR count). The van der Waals surface area contributed by atoms with Crippen molar-refractivity contribution >= 4 is 68.1 Å². The Hall–Kier alpha value is -3.87. The van der Waals surface area contributed by atoms with Crippen molar-refractivity contribution in [1.29, 1.82) is 0 Å². The van der Waals surface area contributed by atoms with E-state index in [4.69, 9.17) is 4.74 Å². The van der Waals surface area contributed by atoms with Gasteiger partial charge in [0.05, 0.1) is 22.5 Å². The summed E-state index contributed by atoms with van der Waals surface area (Å²) < 4.78 is 6.77. The Labute approximate surface area is 274 Å². The van der Waals surface area contributed by atoms with Crippen LogP contribution in [0.4, 0.5) is 11.4 Å². The van der Waals surface area contributed by atoms with Gasteiger partial charge in [0.25, 0.3) is 5.91 Å². The number of anilines is 2. The number of rotatable bonds is 6. The summed E-state index contributed by atoms with van der Waals surface area (Å²) in [5.74, 6) is -0.832. The molecule has 3 aromatic carbocycles. The Kier molecular flexibility index (Phi) is 6.92. The maximum absolute atomic E-state index is 14.0. The zero-order valence-electron chi connectivity index (χ0n) is 23.5. The Morgan fingerprint density at radius 3 is 2.49 bits per heavy atom. The summed E-state index contributed by atoms with van der Waals surface area (Å²) in [4.78, 5) is 58.2. The zero-order chi connectivity index (χ0) is 31.0. The lowest BCUT2D eigenvalue weighted by atomic mass is 9.68. The number of phenols is 1. The number of aromatic nitrogens is 1. The lowest BCUT2D eigenvalue weighted by molar-refractivity contribution is -0.123. The lowest BCUT2D eigenvalue weighted by Crippen LogP contribution is -2.42. The van der Waals surface area contributed by atoms with Gasteiger partial charge in [-0.05, 0) is 90.4 Å². The Morgan fingerprint density at radius 2 is 1.73 bits per heavy atom. The van der Waals surface area contributed by atoms with Gasteiger partial charge in [-0.1, -0.05) is 39.4 Å². The molecule has 45 heavy (non-hydrogen) atoms. The first-order chi connectivity index (χ1) is 21.8. The second kappa shape index (κ2) is 10.9. The second-order valence-corrected chi connectivity index (χ2v) is 15.0. The summed E-state index contributed by atoms with van der Waals surface area (Å²) in [6.45, 7) is -0.212. The van der Waals surface area contributed by atoms with Crippen LogP contribution in [-0.4, -0.2) is 39.7 Å². The third-order valence-corrected chi connectivity index (χ3v) is 12.7. The van der Waals surface area contributed by atoms with Crippen LogP contribution in [0.3, 0.4) is 0 Å². The number of nitrogens with one attached hydrogen (secondary N) is 2. The minimum Gasteiger partial charge on any atom is -0.508 e. The van der Waals surface area contributed by atoms with E-state index in [-0.39, 0.29) is 69.8 Å². The number of halogens is 1. The first-order valence-corrected chi connectivity index (χ1v) is 17.1. The maximum atomic E-state index is 14.0. The summed E-state index contributed by atoms with van der Waals surface area (Å²) >= 11 is 6.28. The number of fused-ring (bicyclic) bond motifs is 9. The number of carbonyl (C=O) groups excluding carboxylic acids is 3. The highest BCUT2D eigenvalue weighted by atomic mass is 79.9. The van der Waals surface area contributed by atoms with Crippen LogP contribution in [0.1, 0.15) is 22.8 Å². The standard InChI is InChI=1S/C33H26BrN3O6S2/c34-16-4-8-18(9-5-16)37-31(40)26-21-13-22(27(26)32(37)41)28-25(21)24(29-30(44-28)36-33(42)45-29)15-2-1-3-20(12-15)43-14-23(39)35-17-6-10-19(38)11-7-17/h1-12,21-22,24-28,38H,13-14H2,(H,35,39)(H,36,42)/t21-,22-,24-,25?,26?,27?,28?/m1/s1. The van der Waals surface area contributed by atoms with Crippen molar-refractivity contribution in [3.05, 3.63) is 97.4 Å². The number of phenolic OH excluding ortho intramolecular Hbond substituents is 1. The Morgan fingerprint density at radius 1 is 1.00 bits per heavy atom. The average molecular weight is 705 g/mol. The van der Waals surface area contributed by atoms with E-state index in [2.05, 4.69) is 26.2 Å². The summed E-state index contributed by atoms with van der Waals surface area (Å²) in [7, 11) is 0. The van der Waals surface area contributed by atoms with E-state index in [9.17, 15) is 24.3 Å². The lowest BCUT2D eigenvalue weighted by Gasteiger charge is -2.43. The van der Waals surface area contributed by atoms with Gasteiger partial charge >= 0.3 is 4.87 Å². The van der Waals surface area contributed by atoms with Gasteiger partial charge in [-0.2, -0.15) is 0 Å². The highest BCUT2D eigenvalue weighted by Crippen LogP contribution is 2.68. The summed E-state index contributed by atoms with van der Waals surface area (Å²) in [5.41, 5.74) is 2.09. The molecule has 2 saturated carbocycles. The minimum absolute atomic E-state index is 0.00888. The smallest absolute Gasteiger partial charge is 0.305 e. The molecular formula is C33H26BrN3O6S2. The molecule has 9 nitrogen and oxygen atoms in total. The average Bonchev–Trinajstić information content (AvgIpc) is 3.77. The summed E-state index contributed by atoms with van der Waals surface area (Å²) in [6, 6.07) is 21.1. The van der Waals surface area contributed by atoms with Crippen molar-refractivity contribution in [3.63, 3.8) is 0 Å². The minimum atomic E-state index is -0.393. The van der Waals surface area contributed by atoms with Crippen LogP contribution in [0.5, 0.6) is 11.5 Å². The number of H-pyrrole nitrogens is 1. The van der Waals surface area contributed by atoms with E-state index in [1.165, 1.54) is 28.4 Å². The predicted molar refractivity (Wildman–Crippen MR) is 174 cm³/mol. The molecule has 2 aliphatic carbocycles. The first kappa shape index (κ1) is 28.6. The van der Waals surface area contributed by atoms with E-state index in [1.807, 2.05) is 30.3 Å². The number of ether oxygens (including phenoxy) is 1. The van der Waals surface area contributed by atoms with E-state index >= 15 is 0 Å². The van der Waals surface area contributed by atoms with Gasteiger partial charge in [-0.25, -0.2) is 0 Å². The van der Waals surface area contributed by atoms with Crippen LogP contribution < -0.4 is 19.8 Å². The van der Waals surface area contributed by atoms with Crippen molar-refractivity contribution in [2.45, 2.75) is 22.6 Å². The van der Waals surface area contributed by atoms with Gasteiger partial charge in [-0.3, -0.25) is 24.1 Å². The molecule has 4 unspecified atom stereocenters. The third-order valence-electron chi connectivity index (χ3n) is 9.55. The van der Waals surface area contributed by atoms with Gasteiger partial charge in [-0.15, -0.1) is 11.8 Å². The molecule has 3 amide bonds. The highest BCUT2D eigenvalue weighted by Gasteiger charge is 2.69. The van der Waals surface area contributed by atoms with Crippen LogP contribution >= 0.6 is 39.0 Å². The number of aromatic hydroxyl groups is 1. The normalized spacial score (nSPS) is 27.7. The molecular weight excluding hydrogens is 678 g/mol. The second-order valence-electron chi connectivity index (χ2n) is 11.9. The number of hydrogen-bond acceptors (Lipinski definition) is 8. The summed E-state index contributed by atoms with van der Waals surface area (Å²) in [5, 5.41) is 13.1. The van der Waals surface area contributed by atoms with Crippen molar-refractivity contribution in [2.75, 3.05) is 16.8 Å². The molecule has 4 aliphatic rings. The van der Waals surface area contributed by atoms with E-state index < -0.39 is 5.92 Å². The van der Waals surface area contributed by atoms with Gasteiger partial charge in [0.15, 0.2) is 6.61 Å². The molecule has 0 radical (unpaired) electrons. The third kappa shape index (κ3) is 4.72. The molecule has 3 N–H and O–H groups in total. The van der Waals surface area contributed by atoms with Crippen molar-refractivity contribution in [1.82, 2.24) is 4.98 Å². The first-order valence-electron chi connectivity index (χ1n) is 14.6. The molecule has 0 spiro atoms. The molecule has 1 aromatic heterocycles. The van der Waals surface area contributed by atoms with E-state index in [0.717, 1.165) is 26.4 Å². The quantitative estimate of drug-likeness (QED) is 0.176. The fourth-order valence-electron chi connectivity index (χ4n) is 7.92. The number of thiazole rings is 1. The molecule has 3 fully saturated rings. The Balaban J connectivity index is 1.08. The number of carbonyl (C=O) groups is 3. The van der Waals surface area contributed by atoms with Gasteiger partial charge in [0.1, 0.15) is 11.5 Å². The number of aromatic amines is 1. The van der Waals surface area contributed by atoms with Crippen molar-refractivity contribution < 1.29 is 24.2 Å². The van der Waals surface area contributed by atoms with Crippen LogP contribution in [0.2, 0.25) is 0 Å². The molecule has 228 valence electrons. The largest absolute Gasteiger partial charge is 0.508 e. The number of benzene rings is 3. The van der Waals surface area contributed by atoms with Crippen LogP contribution in [0.15, 0.2) is 87.1 Å². The molecule has 2 bridgehead atoms. The van der Waals surface area contributed by atoms with Crippen LogP contribution in [0.25, 0.3) is 0 Å². The maximum Gasteiger partial charge on any atom is 0.305 e. The van der Waals surface area contributed by atoms with E-state index in [0.29, 0.717) is 17.1 Å². The molecule has 4 aromatic rings. The van der Waals surface area contributed by atoms with Crippen LogP contribution in [-0.2, 0) is 14.4 Å². The number of hydrogen-bond donors (Lipinski definition) is 3. The number of nitrogens with zero attached hydrogens (tertiary/aromatic N) is 1. The van der Waals surface area contributed by atoms with Gasteiger partial charge in [0, 0.05) is 26.2 Å². The molecule has 7 atom stereocenters. The molecule has 3 heterocycles. The fraction of sp³-hybridized carbons (Fsp3) is 0.273. The highest BCUT2D eigenvalue weighted by molar-refractivity contribution is 9.10. The SMILES string of the molecule is O=C(COc1cccc([C@H]2c3sc(=O)[nH]c3SC3C2[C@H]2C[C@@H]3C3C(=O)N(c4ccc(Br)cc4)C(=O)C32)c1)Nc1ccc(O)cc1. The molecule has 12 heteroatoms. The monoisotopic (exact) mass is 703 g/mol. The predicted octanol–water partition coefficient (Wildman–Crippen LogP) is 5.60. The summed E-state index contributed by atoms with van der Waals surface area (Å²) in [6.07, 6.45) is 0.798. The molecule has 1 saturated heterocycles. The fourth-order valence-corrected chi connectivity index (χ4v) is 11.1. The van der Waals surface area contributed by atoms with Gasteiger partial charge in [0.2, 0.25) is 11.8 Å². The van der Waals surface area contributed by atoms with Crippen LogP contribution in [0, 0.1) is 29.6 Å². The topological polar surface area (TPSA) is 129 Å². The zero-order valence-corrected chi connectivity index (χ0v) is 26.7. The molecule has 2 aliphatic heterocycles. The number of imide groups is 1. The number of amides is 3. The van der Waals surface area contributed by atoms with Crippen molar-refractivity contribution in [3.8, 4) is 11.5 Å². The van der Waals surface area contributed by atoms with Gasteiger partial charge < -0.3 is 20.1 Å². The van der Waals surface area contributed by atoms with Crippen molar-refractivity contribution in [2.24, 2.45) is 29.6 Å². The van der Waals surface area contributed by atoms with E-state index in [1.54, 1.807) is 42.1 Å². The Bertz CT molecular complexity index is 1910.